The molecule has 2 nitrogen and oxygen atoms in total. The van der Waals surface area contributed by atoms with E-state index in [4.69, 9.17) is 4.74 Å². The van der Waals surface area contributed by atoms with Gasteiger partial charge in [0.1, 0.15) is 0 Å². The largest absolute Gasteiger partial charge is 0.372 e. The number of benzene rings is 1. The van der Waals surface area contributed by atoms with Gasteiger partial charge in [-0.15, -0.1) is 0 Å². The van der Waals surface area contributed by atoms with Gasteiger partial charge in [-0.05, 0) is 39.2 Å². The quantitative estimate of drug-likeness (QED) is 0.887. The zero-order valence-electron chi connectivity index (χ0n) is 12.5. The number of nitrogens with one attached hydrogen (secondary N) is 1. The van der Waals surface area contributed by atoms with Gasteiger partial charge in [0.25, 0.3) is 0 Å². The zero-order valence-corrected chi connectivity index (χ0v) is 12.5. The monoisotopic (exact) mass is 261 g/mol. The maximum absolute atomic E-state index is 6.16. The molecule has 0 amide bonds. The van der Waals surface area contributed by atoms with Crippen LogP contribution < -0.4 is 5.32 Å². The molecule has 1 fully saturated rings. The molecular weight excluding hydrogens is 234 g/mol. The van der Waals surface area contributed by atoms with E-state index in [1.807, 2.05) is 6.07 Å². The second-order valence-corrected chi connectivity index (χ2v) is 6.62. The predicted molar refractivity (Wildman–Crippen MR) is 80.2 cm³/mol. The van der Waals surface area contributed by atoms with Crippen molar-refractivity contribution in [2.75, 3.05) is 0 Å². The summed E-state index contributed by atoms with van der Waals surface area (Å²) in [6, 6.07) is 11.0. The fraction of sp³-hybridized carbons (Fsp3) is 0.647. The van der Waals surface area contributed by atoms with Gasteiger partial charge in [0.15, 0.2) is 0 Å². The minimum absolute atomic E-state index is 0.163. The smallest absolute Gasteiger partial charge is 0.0732 e. The standard InChI is InChI=1S/C17H27NO/c1-17(2,3)18-15-11-7-8-12-16(15)19-13-14-9-5-4-6-10-14/h4-6,9-10,15-16,18H,7-8,11-13H2,1-3H3/t15-,16-/m1/s1. The first-order valence-electron chi connectivity index (χ1n) is 7.48. The molecule has 0 bridgehead atoms. The third-order valence-corrected chi connectivity index (χ3v) is 3.63. The van der Waals surface area contributed by atoms with E-state index >= 15 is 0 Å². The molecule has 0 aliphatic heterocycles. The summed E-state index contributed by atoms with van der Waals surface area (Å²) in [6.45, 7) is 7.43. The van der Waals surface area contributed by atoms with Crippen LogP contribution in [0.3, 0.4) is 0 Å². The Labute approximate surface area is 117 Å². The van der Waals surface area contributed by atoms with Gasteiger partial charge in [-0.2, -0.15) is 0 Å². The molecule has 19 heavy (non-hydrogen) atoms. The summed E-state index contributed by atoms with van der Waals surface area (Å²) in [5, 5.41) is 3.72. The van der Waals surface area contributed by atoms with E-state index < -0.39 is 0 Å². The summed E-state index contributed by atoms with van der Waals surface area (Å²) in [5.74, 6) is 0. The first-order chi connectivity index (χ1) is 9.04. The Hall–Kier alpha value is -0.860. The van der Waals surface area contributed by atoms with Crippen molar-refractivity contribution < 1.29 is 4.74 Å². The van der Waals surface area contributed by atoms with Crippen molar-refractivity contribution in [2.24, 2.45) is 0 Å². The van der Waals surface area contributed by atoms with Gasteiger partial charge >= 0.3 is 0 Å². The number of rotatable bonds is 4. The summed E-state index contributed by atoms with van der Waals surface area (Å²) in [6.07, 6.45) is 5.38. The van der Waals surface area contributed by atoms with Gasteiger partial charge in [-0.3, -0.25) is 0 Å². The van der Waals surface area contributed by atoms with E-state index in [9.17, 15) is 0 Å². The Morgan fingerprint density at radius 3 is 2.47 bits per heavy atom. The van der Waals surface area contributed by atoms with Gasteiger partial charge in [-0.1, -0.05) is 43.2 Å². The molecule has 0 heterocycles. The van der Waals surface area contributed by atoms with Crippen molar-refractivity contribution in [3.05, 3.63) is 35.9 Å². The van der Waals surface area contributed by atoms with E-state index in [0.717, 1.165) is 6.61 Å². The van der Waals surface area contributed by atoms with Crippen LogP contribution >= 0.6 is 0 Å². The van der Waals surface area contributed by atoms with Gasteiger partial charge in [0, 0.05) is 11.6 Å². The molecule has 1 aromatic rings. The Morgan fingerprint density at radius 1 is 1.11 bits per heavy atom. The van der Waals surface area contributed by atoms with Gasteiger partial charge < -0.3 is 10.1 Å². The summed E-state index contributed by atoms with van der Waals surface area (Å²) < 4.78 is 6.16. The Morgan fingerprint density at radius 2 is 1.79 bits per heavy atom. The van der Waals surface area contributed by atoms with Crippen LogP contribution in [0.4, 0.5) is 0 Å². The minimum Gasteiger partial charge on any atom is -0.372 e. The molecule has 1 aliphatic carbocycles. The second-order valence-electron chi connectivity index (χ2n) is 6.62. The molecule has 0 unspecified atom stereocenters. The van der Waals surface area contributed by atoms with Crippen LogP contribution in [0.25, 0.3) is 0 Å². The first kappa shape index (κ1) is 14.5. The van der Waals surface area contributed by atoms with E-state index in [2.05, 4.69) is 50.4 Å². The number of ether oxygens (including phenoxy) is 1. The third kappa shape index (κ3) is 4.96. The molecule has 0 aromatic heterocycles. The van der Waals surface area contributed by atoms with Crippen molar-refractivity contribution in [1.82, 2.24) is 5.32 Å². The minimum atomic E-state index is 0.163. The Kier molecular flexibility index (Phi) is 5.00. The van der Waals surface area contributed by atoms with E-state index in [-0.39, 0.29) is 5.54 Å². The molecule has 0 saturated heterocycles. The Balaban J connectivity index is 1.89. The van der Waals surface area contributed by atoms with Crippen LogP contribution in [0.2, 0.25) is 0 Å². The maximum Gasteiger partial charge on any atom is 0.0732 e. The molecule has 0 spiro atoms. The van der Waals surface area contributed by atoms with E-state index in [0.29, 0.717) is 12.1 Å². The van der Waals surface area contributed by atoms with E-state index in [1.165, 1.54) is 31.2 Å². The summed E-state index contributed by atoms with van der Waals surface area (Å²) >= 11 is 0. The van der Waals surface area contributed by atoms with Crippen LogP contribution in [0.1, 0.15) is 52.0 Å². The Bertz CT molecular complexity index is 369. The van der Waals surface area contributed by atoms with Crippen LogP contribution in [0.5, 0.6) is 0 Å². The molecule has 1 N–H and O–H groups in total. The van der Waals surface area contributed by atoms with Gasteiger partial charge in [0.2, 0.25) is 0 Å². The van der Waals surface area contributed by atoms with Gasteiger partial charge in [-0.25, -0.2) is 0 Å². The van der Waals surface area contributed by atoms with E-state index in [1.54, 1.807) is 0 Å². The van der Waals surface area contributed by atoms with Crippen molar-refractivity contribution in [1.29, 1.82) is 0 Å². The topological polar surface area (TPSA) is 21.3 Å². The molecule has 1 aliphatic rings. The van der Waals surface area contributed by atoms with Crippen molar-refractivity contribution in [3.63, 3.8) is 0 Å². The van der Waals surface area contributed by atoms with Crippen LogP contribution in [0, 0.1) is 0 Å². The van der Waals surface area contributed by atoms with Crippen molar-refractivity contribution in [3.8, 4) is 0 Å². The second kappa shape index (κ2) is 6.53. The average molecular weight is 261 g/mol. The highest BCUT2D eigenvalue weighted by Crippen LogP contribution is 2.24. The van der Waals surface area contributed by atoms with Crippen LogP contribution in [-0.4, -0.2) is 17.7 Å². The number of hydrogen-bond donors (Lipinski definition) is 1. The highest BCUT2D eigenvalue weighted by atomic mass is 16.5. The normalized spacial score (nSPS) is 24.4. The fourth-order valence-corrected chi connectivity index (χ4v) is 2.80. The lowest BCUT2D eigenvalue weighted by molar-refractivity contribution is -0.0114. The molecule has 2 rings (SSSR count). The highest BCUT2D eigenvalue weighted by Gasteiger charge is 2.28. The molecule has 2 heteroatoms. The molecule has 0 radical (unpaired) electrons. The van der Waals surface area contributed by atoms with Gasteiger partial charge in [0.05, 0.1) is 12.7 Å². The molecule has 106 valence electrons. The summed E-state index contributed by atoms with van der Waals surface area (Å²) in [4.78, 5) is 0. The molecule has 1 aromatic carbocycles. The fourth-order valence-electron chi connectivity index (χ4n) is 2.80. The zero-order chi connectivity index (χ0) is 13.7. The summed E-state index contributed by atoms with van der Waals surface area (Å²) in [7, 11) is 0. The lowest BCUT2D eigenvalue weighted by atomic mass is 9.90. The van der Waals surface area contributed by atoms with Crippen molar-refractivity contribution in [2.45, 2.75) is 70.7 Å². The lowest BCUT2D eigenvalue weighted by Gasteiger charge is -2.37. The molecule has 2 atom stereocenters. The van der Waals surface area contributed by atoms with Crippen LogP contribution in [-0.2, 0) is 11.3 Å². The van der Waals surface area contributed by atoms with Crippen LogP contribution in [0.15, 0.2) is 30.3 Å². The first-order valence-corrected chi connectivity index (χ1v) is 7.48. The average Bonchev–Trinajstić information content (AvgIpc) is 2.37. The maximum atomic E-state index is 6.16. The summed E-state index contributed by atoms with van der Waals surface area (Å²) in [5.41, 5.74) is 1.43. The molecular formula is C17H27NO. The lowest BCUT2D eigenvalue weighted by Crippen LogP contribution is -2.51. The predicted octanol–water partition coefficient (Wildman–Crippen LogP) is 3.90. The highest BCUT2D eigenvalue weighted by molar-refractivity contribution is 5.13. The SMILES string of the molecule is CC(C)(C)N[C@@H]1CCCC[C@H]1OCc1ccccc1. The third-order valence-electron chi connectivity index (χ3n) is 3.63. The number of hydrogen-bond acceptors (Lipinski definition) is 2. The van der Waals surface area contributed by atoms with Crippen molar-refractivity contribution >= 4 is 0 Å². The molecule has 1 saturated carbocycles.